The van der Waals surface area contributed by atoms with E-state index in [9.17, 15) is 9.59 Å². The quantitative estimate of drug-likeness (QED) is 0.301. The first-order chi connectivity index (χ1) is 15.1. The van der Waals surface area contributed by atoms with Gasteiger partial charge in [0, 0.05) is 11.1 Å². The summed E-state index contributed by atoms with van der Waals surface area (Å²) in [5, 5.41) is 0. The maximum absolute atomic E-state index is 11.8. The maximum atomic E-state index is 11.8. The van der Waals surface area contributed by atoms with Gasteiger partial charge in [-0.2, -0.15) is 0 Å². The first-order valence-electron chi connectivity index (χ1n) is 12.9. The molecule has 6 unspecified atom stereocenters. The van der Waals surface area contributed by atoms with Crippen molar-refractivity contribution in [2.24, 2.45) is 23.7 Å². The Kier molecular flexibility index (Phi) is 7.93. The van der Waals surface area contributed by atoms with Gasteiger partial charge < -0.3 is 9.47 Å². The third kappa shape index (κ3) is 5.15. The second-order valence-electron chi connectivity index (χ2n) is 11.1. The lowest BCUT2D eigenvalue weighted by Crippen LogP contribution is -2.40. The van der Waals surface area contributed by atoms with Crippen LogP contribution >= 0.6 is 0 Å². The van der Waals surface area contributed by atoms with Gasteiger partial charge in [-0.15, -0.1) is 0 Å². The van der Waals surface area contributed by atoms with Crippen molar-refractivity contribution >= 4 is 11.9 Å². The molecule has 0 aromatic rings. The van der Waals surface area contributed by atoms with Gasteiger partial charge in [-0.05, 0) is 108 Å². The monoisotopic (exact) mass is 444 g/mol. The second-order valence-corrected chi connectivity index (χ2v) is 11.1. The van der Waals surface area contributed by atoms with E-state index in [0.29, 0.717) is 23.0 Å². The predicted molar refractivity (Wildman–Crippen MR) is 128 cm³/mol. The zero-order valence-electron chi connectivity index (χ0n) is 20.8. The van der Waals surface area contributed by atoms with Crippen LogP contribution in [-0.4, -0.2) is 23.1 Å². The lowest BCUT2D eigenvalue weighted by Gasteiger charge is -2.37. The van der Waals surface area contributed by atoms with Crippen LogP contribution < -0.4 is 0 Å². The topological polar surface area (TPSA) is 52.6 Å². The van der Waals surface area contributed by atoms with Crippen molar-refractivity contribution < 1.29 is 19.1 Å². The SMILES string of the molecule is C=C(C)C(=O)OC1(CC)CC2CCC1C2.C=C(C)C(=O)OC1(CCCC)CC2CCC1C2. The maximum Gasteiger partial charge on any atom is 0.333 e. The second kappa shape index (κ2) is 10.1. The molecule has 4 heteroatoms. The van der Waals surface area contributed by atoms with E-state index in [-0.39, 0.29) is 23.1 Å². The van der Waals surface area contributed by atoms with Gasteiger partial charge in [-0.25, -0.2) is 9.59 Å². The van der Waals surface area contributed by atoms with Gasteiger partial charge in [-0.1, -0.05) is 33.4 Å². The van der Waals surface area contributed by atoms with Crippen molar-refractivity contribution in [1.29, 1.82) is 0 Å². The van der Waals surface area contributed by atoms with Gasteiger partial charge in [0.2, 0.25) is 0 Å². The van der Waals surface area contributed by atoms with E-state index in [2.05, 4.69) is 27.0 Å². The molecule has 0 saturated heterocycles. The van der Waals surface area contributed by atoms with Crippen molar-refractivity contribution in [3.05, 3.63) is 24.3 Å². The molecule has 4 saturated carbocycles. The van der Waals surface area contributed by atoms with Gasteiger partial charge >= 0.3 is 11.9 Å². The highest BCUT2D eigenvalue weighted by molar-refractivity contribution is 5.87. The molecule has 4 fully saturated rings. The van der Waals surface area contributed by atoms with E-state index < -0.39 is 0 Å². The van der Waals surface area contributed by atoms with Crippen molar-refractivity contribution in [2.45, 2.75) is 116 Å². The van der Waals surface area contributed by atoms with Crippen LogP contribution in [0.2, 0.25) is 0 Å². The number of hydrogen-bond acceptors (Lipinski definition) is 4. The smallest absolute Gasteiger partial charge is 0.333 e. The number of carbonyl (C=O) groups excluding carboxylic acids is 2. The molecule has 0 heterocycles. The van der Waals surface area contributed by atoms with Crippen molar-refractivity contribution in [3.8, 4) is 0 Å². The fourth-order valence-corrected chi connectivity index (χ4v) is 6.92. The molecule has 0 aliphatic heterocycles. The first-order valence-corrected chi connectivity index (χ1v) is 12.9. The van der Waals surface area contributed by atoms with Crippen LogP contribution in [-0.2, 0) is 19.1 Å². The predicted octanol–water partition coefficient (Wildman–Crippen LogP) is 6.93. The van der Waals surface area contributed by atoms with Crippen molar-refractivity contribution in [3.63, 3.8) is 0 Å². The van der Waals surface area contributed by atoms with Gasteiger partial charge in [0.25, 0.3) is 0 Å². The molecule has 4 aliphatic carbocycles. The molecule has 0 amide bonds. The summed E-state index contributed by atoms with van der Waals surface area (Å²) >= 11 is 0. The Morgan fingerprint density at radius 1 is 0.812 bits per heavy atom. The molecule has 0 N–H and O–H groups in total. The highest BCUT2D eigenvalue weighted by atomic mass is 16.6. The van der Waals surface area contributed by atoms with Gasteiger partial charge in [-0.3, -0.25) is 0 Å². The number of unbranched alkanes of at least 4 members (excludes halogenated alkanes) is 1. The van der Waals surface area contributed by atoms with Crippen LogP contribution in [0.25, 0.3) is 0 Å². The summed E-state index contributed by atoms with van der Waals surface area (Å²) in [7, 11) is 0. The average Bonchev–Trinajstić information content (AvgIpc) is 3.53. The van der Waals surface area contributed by atoms with E-state index in [1.807, 2.05) is 0 Å². The zero-order valence-corrected chi connectivity index (χ0v) is 20.8. The molecule has 0 aromatic heterocycles. The summed E-state index contributed by atoms with van der Waals surface area (Å²) in [6, 6.07) is 0. The first kappa shape index (κ1) is 25.1. The van der Waals surface area contributed by atoms with Gasteiger partial charge in [0.15, 0.2) is 0 Å². The molecule has 4 aliphatic rings. The number of ether oxygens (including phenoxy) is 2. The summed E-state index contributed by atoms with van der Waals surface area (Å²) in [6.07, 6.45) is 14.2. The highest BCUT2D eigenvalue weighted by Gasteiger charge is 2.53. The number of hydrogen-bond donors (Lipinski definition) is 0. The minimum atomic E-state index is -0.204. The molecule has 4 nitrogen and oxygen atoms in total. The minimum absolute atomic E-state index is 0.144. The van der Waals surface area contributed by atoms with E-state index in [1.165, 1.54) is 44.9 Å². The van der Waals surface area contributed by atoms with E-state index in [4.69, 9.17) is 9.47 Å². The summed E-state index contributed by atoms with van der Waals surface area (Å²) in [6.45, 7) is 15.1. The van der Waals surface area contributed by atoms with Gasteiger partial charge in [0.05, 0.1) is 0 Å². The molecule has 0 radical (unpaired) electrons. The average molecular weight is 445 g/mol. The number of carbonyl (C=O) groups is 2. The molecule has 4 bridgehead atoms. The van der Waals surface area contributed by atoms with Crippen LogP contribution in [0.4, 0.5) is 0 Å². The molecule has 180 valence electrons. The number of esters is 2. The number of rotatable bonds is 8. The fraction of sp³-hybridized carbons (Fsp3) is 0.786. The zero-order chi connectivity index (χ0) is 23.5. The van der Waals surface area contributed by atoms with Crippen molar-refractivity contribution in [2.75, 3.05) is 0 Å². The summed E-state index contributed by atoms with van der Waals surface area (Å²) in [5.74, 6) is 2.43. The minimum Gasteiger partial charge on any atom is -0.455 e. The van der Waals surface area contributed by atoms with Crippen LogP contribution in [0.5, 0.6) is 0 Å². The molecular formula is C28H44O4. The largest absolute Gasteiger partial charge is 0.455 e. The molecule has 0 spiro atoms. The van der Waals surface area contributed by atoms with Crippen LogP contribution in [0.1, 0.15) is 105 Å². The van der Waals surface area contributed by atoms with E-state index >= 15 is 0 Å². The van der Waals surface area contributed by atoms with Gasteiger partial charge in [0.1, 0.15) is 11.2 Å². The lowest BCUT2D eigenvalue weighted by molar-refractivity contribution is -0.162. The molecule has 4 rings (SSSR count). The van der Waals surface area contributed by atoms with Crippen molar-refractivity contribution in [1.82, 2.24) is 0 Å². The Balaban J connectivity index is 0.000000182. The molecule has 32 heavy (non-hydrogen) atoms. The Hall–Kier alpha value is -1.58. The highest BCUT2D eigenvalue weighted by Crippen LogP contribution is 2.55. The Morgan fingerprint density at radius 3 is 1.62 bits per heavy atom. The molecule has 6 atom stereocenters. The summed E-state index contributed by atoms with van der Waals surface area (Å²) in [5.41, 5.74) is 0.753. The fourth-order valence-electron chi connectivity index (χ4n) is 6.92. The Labute approximate surface area is 195 Å². The standard InChI is InChI=1S/C15H24O2.C13H20O2/c1-4-5-8-15(17-14(16)11(2)3)10-12-6-7-13(15)9-12;1-4-13(15-12(14)9(2)3)8-10-5-6-11(13)7-10/h12-13H,2,4-10H2,1,3H3;10-11H,2,4-8H2,1,3H3. The Bertz CT molecular complexity index is 740. The van der Waals surface area contributed by atoms with E-state index in [0.717, 1.165) is 43.9 Å². The van der Waals surface area contributed by atoms with Crippen LogP contribution in [0, 0.1) is 23.7 Å². The molecular weight excluding hydrogens is 400 g/mol. The molecule has 0 aromatic carbocycles. The van der Waals surface area contributed by atoms with Crippen LogP contribution in [0.15, 0.2) is 24.3 Å². The number of fused-ring (bicyclic) bond motifs is 4. The van der Waals surface area contributed by atoms with E-state index in [1.54, 1.807) is 13.8 Å². The normalized spacial score (nSPS) is 36.4. The summed E-state index contributed by atoms with van der Waals surface area (Å²) < 4.78 is 11.6. The summed E-state index contributed by atoms with van der Waals surface area (Å²) in [4.78, 5) is 23.4. The lowest BCUT2D eigenvalue weighted by atomic mass is 9.80. The third-order valence-electron chi connectivity index (χ3n) is 8.68. The Morgan fingerprint density at radius 2 is 1.28 bits per heavy atom. The third-order valence-corrected chi connectivity index (χ3v) is 8.68. The van der Waals surface area contributed by atoms with Crippen LogP contribution in [0.3, 0.4) is 0 Å².